The minimum atomic E-state index is -0.442. The van der Waals surface area contributed by atoms with Gasteiger partial charge in [0, 0.05) is 23.5 Å². The predicted octanol–water partition coefficient (Wildman–Crippen LogP) is 4.14. The Balaban J connectivity index is 1.45. The van der Waals surface area contributed by atoms with Gasteiger partial charge in [0.05, 0.1) is 10.0 Å². The molecule has 1 saturated carbocycles. The summed E-state index contributed by atoms with van der Waals surface area (Å²) in [6, 6.07) is 5.05. The monoisotopic (exact) mass is 393 g/mol. The molecule has 1 aliphatic carbocycles. The molecule has 2 amide bonds. The highest BCUT2D eigenvalue weighted by molar-refractivity contribution is 6.42. The van der Waals surface area contributed by atoms with Crippen LogP contribution in [-0.2, 0) is 4.79 Å². The summed E-state index contributed by atoms with van der Waals surface area (Å²) < 4.78 is 0. The minimum Gasteiger partial charge on any atom is -0.350 e. The maximum Gasteiger partial charge on any atom is 0.268 e. The number of nitrogens with zero attached hydrogens (tertiary/aromatic N) is 1. The molecule has 1 aromatic heterocycles. The molecule has 1 saturated heterocycles. The van der Waals surface area contributed by atoms with Gasteiger partial charge in [-0.15, -0.1) is 0 Å². The average molecular weight is 394 g/mol. The first-order chi connectivity index (χ1) is 12.5. The fourth-order valence-corrected chi connectivity index (χ4v) is 4.41. The molecule has 26 heavy (non-hydrogen) atoms. The molecule has 138 valence electrons. The second-order valence-electron chi connectivity index (χ2n) is 7.17. The summed E-state index contributed by atoms with van der Waals surface area (Å²) in [7, 11) is 0. The normalized spacial score (nSPS) is 21.5. The summed E-state index contributed by atoms with van der Waals surface area (Å²) in [4.78, 5) is 30.3. The van der Waals surface area contributed by atoms with E-state index >= 15 is 0 Å². The van der Waals surface area contributed by atoms with E-state index in [0.29, 0.717) is 28.2 Å². The quantitative estimate of drug-likeness (QED) is 0.822. The summed E-state index contributed by atoms with van der Waals surface area (Å²) in [5.41, 5.74) is 1.15. The summed E-state index contributed by atoms with van der Waals surface area (Å²) in [5, 5.41) is 4.56. The summed E-state index contributed by atoms with van der Waals surface area (Å²) >= 11 is 12.0. The van der Waals surface area contributed by atoms with Crippen LogP contribution in [0.15, 0.2) is 18.2 Å². The van der Waals surface area contributed by atoms with Gasteiger partial charge in [-0.1, -0.05) is 42.5 Å². The van der Waals surface area contributed by atoms with Gasteiger partial charge in [-0.2, -0.15) is 0 Å². The zero-order valence-electron chi connectivity index (χ0n) is 14.4. The van der Waals surface area contributed by atoms with Crippen molar-refractivity contribution in [3.63, 3.8) is 0 Å². The molecule has 2 fully saturated rings. The van der Waals surface area contributed by atoms with Crippen molar-refractivity contribution in [1.29, 1.82) is 0 Å². The van der Waals surface area contributed by atoms with Crippen LogP contribution in [0.5, 0.6) is 0 Å². The smallest absolute Gasteiger partial charge is 0.268 e. The Morgan fingerprint density at radius 2 is 1.81 bits per heavy atom. The van der Waals surface area contributed by atoms with E-state index in [-0.39, 0.29) is 11.8 Å². The lowest BCUT2D eigenvalue weighted by molar-refractivity contribution is -0.131. The number of aromatic amines is 1. The van der Waals surface area contributed by atoms with Gasteiger partial charge in [-0.25, -0.2) is 0 Å². The number of carbonyl (C=O) groups is 2. The number of H-pyrrole nitrogens is 1. The lowest BCUT2D eigenvalue weighted by Gasteiger charge is -2.31. The van der Waals surface area contributed by atoms with E-state index in [1.807, 2.05) is 4.90 Å². The Hall–Kier alpha value is -1.72. The second-order valence-corrected chi connectivity index (χ2v) is 7.99. The van der Waals surface area contributed by atoms with Crippen molar-refractivity contribution in [3.05, 3.63) is 33.9 Å². The third-order valence-electron chi connectivity index (χ3n) is 5.47. The van der Waals surface area contributed by atoms with E-state index < -0.39 is 6.04 Å². The second kappa shape index (κ2) is 7.12. The van der Waals surface area contributed by atoms with Gasteiger partial charge in [0.25, 0.3) is 5.91 Å². The van der Waals surface area contributed by atoms with Gasteiger partial charge in [0.1, 0.15) is 11.7 Å². The highest BCUT2D eigenvalue weighted by Crippen LogP contribution is 2.29. The number of benzene rings is 1. The molecule has 1 atom stereocenters. The largest absolute Gasteiger partial charge is 0.350 e. The van der Waals surface area contributed by atoms with Gasteiger partial charge in [0.2, 0.25) is 5.91 Å². The van der Waals surface area contributed by atoms with Crippen LogP contribution >= 0.6 is 23.2 Å². The number of hydrogen-bond acceptors (Lipinski definition) is 2. The summed E-state index contributed by atoms with van der Waals surface area (Å²) in [6.45, 7) is 0.729. The van der Waals surface area contributed by atoms with E-state index in [4.69, 9.17) is 23.2 Å². The van der Waals surface area contributed by atoms with Crippen LogP contribution in [0, 0.1) is 0 Å². The minimum absolute atomic E-state index is 0.0486. The van der Waals surface area contributed by atoms with E-state index in [0.717, 1.165) is 30.3 Å². The fraction of sp³-hybridized carbons (Fsp3) is 0.474. The van der Waals surface area contributed by atoms with E-state index in [1.54, 1.807) is 18.2 Å². The molecule has 1 aromatic carbocycles. The third-order valence-corrected chi connectivity index (χ3v) is 6.19. The van der Waals surface area contributed by atoms with Crippen LogP contribution in [0.3, 0.4) is 0 Å². The maximum atomic E-state index is 12.7. The van der Waals surface area contributed by atoms with Crippen molar-refractivity contribution in [2.24, 2.45) is 0 Å². The lowest BCUT2D eigenvalue weighted by Crippen LogP contribution is -2.45. The Morgan fingerprint density at radius 1 is 1.08 bits per heavy atom. The number of fused-ring (bicyclic) bond motifs is 1. The summed E-state index contributed by atoms with van der Waals surface area (Å²) in [6.07, 6.45) is 6.45. The number of rotatable bonds is 3. The first-order valence-corrected chi connectivity index (χ1v) is 9.87. The average Bonchev–Trinajstić information content (AvgIpc) is 3.20. The number of nitrogens with one attached hydrogen (secondary N) is 2. The third kappa shape index (κ3) is 3.30. The van der Waals surface area contributed by atoms with Crippen LogP contribution < -0.4 is 5.32 Å². The predicted molar refractivity (Wildman–Crippen MR) is 103 cm³/mol. The zero-order valence-corrected chi connectivity index (χ0v) is 15.9. The van der Waals surface area contributed by atoms with E-state index in [1.165, 1.54) is 19.3 Å². The number of amides is 2. The molecule has 0 spiro atoms. The molecule has 1 aliphatic heterocycles. The Kier molecular flexibility index (Phi) is 4.84. The highest BCUT2D eigenvalue weighted by Gasteiger charge is 2.37. The van der Waals surface area contributed by atoms with Crippen LogP contribution in [0.4, 0.5) is 0 Å². The molecular formula is C19H21Cl2N3O2. The number of likely N-dealkylation sites (tertiary alicyclic amines) is 1. The molecule has 4 rings (SSSR count). The molecule has 0 radical (unpaired) electrons. The zero-order chi connectivity index (χ0) is 18.3. The van der Waals surface area contributed by atoms with Crippen LogP contribution in [0.1, 0.15) is 49.0 Å². The van der Waals surface area contributed by atoms with Crippen molar-refractivity contribution >= 4 is 45.9 Å². The van der Waals surface area contributed by atoms with E-state index in [2.05, 4.69) is 10.3 Å². The molecule has 1 unspecified atom stereocenters. The molecule has 5 nitrogen and oxygen atoms in total. The molecule has 0 bridgehead atoms. The van der Waals surface area contributed by atoms with Crippen molar-refractivity contribution in [3.8, 4) is 0 Å². The molecule has 2 N–H and O–H groups in total. The Labute approximate surface area is 162 Å². The van der Waals surface area contributed by atoms with Gasteiger partial charge < -0.3 is 15.2 Å². The van der Waals surface area contributed by atoms with E-state index in [9.17, 15) is 9.59 Å². The first kappa shape index (κ1) is 17.7. The first-order valence-electron chi connectivity index (χ1n) is 9.12. The highest BCUT2D eigenvalue weighted by atomic mass is 35.5. The van der Waals surface area contributed by atoms with Gasteiger partial charge in [-0.05, 0) is 37.5 Å². The van der Waals surface area contributed by atoms with Crippen LogP contribution in [0.25, 0.3) is 10.9 Å². The van der Waals surface area contributed by atoms with Crippen LogP contribution in [-0.4, -0.2) is 40.3 Å². The standard InChI is InChI=1S/C19H21Cl2N3O2/c20-13-8-11-9-17(22-16(11)10-14(13)21)18(25)23-15-6-7-24(19(15)26)12-4-2-1-3-5-12/h8-10,12,15,22H,1-7H2,(H,23,25). The van der Waals surface area contributed by atoms with Crippen molar-refractivity contribution in [1.82, 2.24) is 15.2 Å². The Bertz CT molecular complexity index is 819. The van der Waals surface area contributed by atoms with Crippen molar-refractivity contribution < 1.29 is 9.59 Å². The number of hydrogen-bond donors (Lipinski definition) is 2. The number of aromatic nitrogens is 1. The molecular weight excluding hydrogens is 373 g/mol. The summed E-state index contributed by atoms with van der Waals surface area (Å²) in [5.74, 6) is -0.232. The van der Waals surface area contributed by atoms with Gasteiger partial charge in [-0.3, -0.25) is 9.59 Å². The molecule has 2 aromatic rings. The molecule has 7 heteroatoms. The van der Waals surface area contributed by atoms with Crippen LogP contribution in [0.2, 0.25) is 10.0 Å². The van der Waals surface area contributed by atoms with Crippen molar-refractivity contribution in [2.75, 3.05) is 6.54 Å². The lowest BCUT2D eigenvalue weighted by atomic mass is 9.94. The van der Waals surface area contributed by atoms with Gasteiger partial charge in [0.15, 0.2) is 0 Å². The number of carbonyl (C=O) groups excluding carboxylic acids is 2. The number of halogens is 2. The molecule has 2 heterocycles. The fourth-order valence-electron chi connectivity index (χ4n) is 4.08. The SMILES string of the molecule is O=C(NC1CCN(C2CCCCC2)C1=O)c1cc2cc(Cl)c(Cl)cc2[nH]1. The van der Waals surface area contributed by atoms with Gasteiger partial charge >= 0.3 is 0 Å². The maximum absolute atomic E-state index is 12.7. The van der Waals surface area contributed by atoms with Crippen molar-refractivity contribution in [2.45, 2.75) is 50.6 Å². The Morgan fingerprint density at radius 3 is 2.58 bits per heavy atom. The topological polar surface area (TPSA) is 65.2 Å². The molecule has 2 aliphatic rings.